The number of hydrogen-bond acceptors (Lipinski definition) is 4. The smallest absolute Gasteiger partial charge is 0.263 e. The van der Waals surface area contributed by atoms with Crippen LogP contribution < -0.4 is 10.1 Å². The van der Waals surface area contributed by atoms with Gasteiger partial charge in [0.15, 0.2) is 6.61 Å². The van der Waals surface area contributed by atoms with Gasteiger partial charge >= 0.3 is 0 Å². The number of aromatic nitrogens is 2. The Bertz CT molecular complexity index is 889. The van der Waals surface area contributed by atoms with E-state index in [4.69, 9.17) is 16.3 Å². The summed E-state index contributed by atoms with van der Waals surface area (Å²) in [7, 11) is 0. The maximum atomic E-state index is 12.1. The van der Waals surface area contributed by atoms with Gasteiger partial charge in [-0.25, -0.2) is 4.68 Å². The summed E-state index contributed by atoms with van der Waals surface area (Å²) in [6, 6.07) is 15.7. The predicted octanol–water partition coefficient (Wildman–Crippen LogP) is 3.41. The second kappa shape index (κ2) is 8.31. The lowest BCUT2D eigenvalue weighted by molar-refractivity contribution is -0.118. The molecule has 0 aliphatic rings. The molecular weight excluding hydrogens is 354 g/mol. The SMILES string of the molecule is O=Cc1ccc(OCC(=O)Nc2ccnn2Cc2ccc(Cl)cc2)cc1. The molecule has 26 heavy (non-hydrogen) atoms. The van der Waals surface area contributed by atoms with E-state index in [0.29, 0.717) is 28.7 Å². The summed E-state index contributed by atoms with van der Waals surface area (Å²) in [5, 5.41) is 7.66. The summed E-state index contributed by atoms with van der Waals surface area (Å²) >= 11 is 5.89. The first kappa shape index (κ1) is 17.7. The van der Waals surface area contributed by atoms with E-state index in [1.54, 1.807) is 41.2 Å². The van der Waals surface area contributed by atoms with E-state index >= 15 is 0 Å². The van der Waals surface area contributed by atoms with E-state index in [0.717, 1.165) is 11.8 Å². The van der Waals surface area contributed by atoms with Gasteiger partial charge in [-0.1, -0.05) is 23.7 Å². The molecule has 0 unspecified atom stereocenters. The van der Waals surface area contributed by atoms with Gasteiger partial charge in [-0.15, -0.1) is 0 Å². The number of nitrogens with zero attached hydrogens (tertiary/aromatic N) is 2. The lowest BCUT2D eigenvalue weighted by Crippen LogP contribution is -2.22. The number of amides is 1. The average molecular weight is 370 g/mol. The fraction of sp³-hybridized carbons (Fsp3) is 0.105. The number of benzene rings is 2. The number of nitrogens with one attached hydrogen (secondary N) is 1. The maximum absolute atomic E-state index is 12.1. The lowest BCUT2D eigenvalue weighted by atomic mass is 10.2. The largest absolute Gasteiger partial charge is 0.484 e. The molecule has 1 heterocycles. The summed E-state index contributed by atoms with van der Waals surface area (Å²) in [4.78, 5) is 22.7. The van der Waals surface area contributed by atoms with Gasteiger partial charge in [-0.2, -0.15) is 5.10 Å². The van der Waals surface area contributed by atoms with Crippen molar-refractivity contribution in [2.45, 2.75) is 6.54 Å². The van der Waals surface area contributed by atoms with Crippen molar-refractivity contribution in [1.29, 1.82) is 0 Å². The van der Waals surface area contributed by atoms with Crippen molar-refractivity contribution in [3.63, 3.8) is 0 Å². The van der Waals surface area contributed by atoms with Gasteiger partial charge in [0.1, 0.15) is 17.9 Å². The second-order valence-electron chi connectivity index (χ2n) is 5.52. The summed E-state index contributed by atoms with van der Waals surface area (Å²) in [5.74, 6) is 0.785. The molecule has 0 fully saturated rings. The molecule has 1 aromatic heterocycles. The minimum atomic E-state index is -0.303. The van der Waals surface area contributed by atoms with Crippen LogP contribution in [-0.2, 0) is 11.3 Å². The topological polar surface area (TPSA) is 73.2 Å². The fourth-order valence-electron chi connectivity index (χ4n) is 2.30. The summed E-state index contributed by atoms with van der Waals surface area (Å²) in [6.07, 6.45) is 2.36. The molecule has 0 radical (unpaired) electrons. The van der Waals surface area contributed by atoms with Gasteiger partial charge in [-0.05, 0) is 42.0 Å². The van der Waals surface area contributed by atoms with Crippen LogP contribution in [0.25, 0.3) is 0 Å². The number of ether oxygens (including phenoxy) is 1. The standard InChI is InChI=1S/C19H16ClN3O3/c20-16-5-1-14(2-6-16)11-23-18(9-10-21-23)22-19(25)13-26-17-7-3-15(12-24)4-8-17/h1-10,12H,11,13H2,(H,22,25). The molecule has 3 rings (SSSR count). The van der Waals surface area contributed by atoms with Gasteiger partial charge in [-0.3, -0.25) is 9.59 Å². The molecule has 7 heteroatoms. The highest BCUT2D eigenvalue weighted by Crippen LogP contribution is 2.14. The number of carbonyl (C=O) groups excluding carboxylic acids is 2. The van der Waals surface area contributed by atoms with Crippen molar-refractivity contribution in [3.8, 4) is 5.75 Å². The van der Waals surface area contributed by atoms with Crippen LogP contribution in [0, 0.1) is 0 Å². The van der Waals surface area contributed by atoms with Gasteiger partial charge in [0.2, 0.25) is 0 Å². The van der Waals surface area contributed by atoms with E-state index in [-0.39, 0.29) is 12.5 Å². The molecule has 132 valence electrons. The second-order valence-corrected chi connectivity index (χ2v) is 5.96. The molecule has 0 spiro atoms. The molecule has 0 atom stereocenters. The van der Waals surface area contributed by atoms with Crippen molar-refractivity contribution >= 4 is 29.6 Å². The number of rotatable bonds is 7. The van der Waals surface area contributed by atoms with E-state index in [2.05, 4.69) is 10.4 Å². The molecule has 3 aromatic rings. The van der Waals surface area contributed by atoms with Crippen LogP contribution >= 0.6 is 11.6 Å². The molecule has 0 saturated heterocycles. The van der Waals surface area contributed by atoms with Crippen LogP contribution in [-0.4, -0.2) is 28.6 Å². The Morgan fingerprint density at radius 2 is 1.85 bits per heavy atom. The molecule has 0 saturated carbocycles. The van der Waals surface area contributed by atoms with Crippen LogP contribution in [0.3, 0.4) is 0 Å². The summed E-state index contributed by atoms with van der Waals surface area (Å²) in [5.41, 5.74) is 1.56. The van der Waals surface area contributed by atoms with Crippen molar-refractivity contribution in [3.05, 3.63) is 76.9 Å². The molecule has 6 nitrogen and oxygen atoms in total. The summed E-state index contributed by atoms with van der Waals surface area (Å²) < 4.78 is 7.10. The number of hydrogen-bond donors (Lipinski definition) is 1. The van der Waals surface area contributed by atoms with E-state index in [9.17, 15) is 9.59 Å². The van der Waals surface area contributed by atoms with Crippen LogP contribution in [0.5, 0.6) is 5.75 Å². The minimum absolute atomic E-state index is 0.146. The van der Waals surface area contributed by atoms with Crippen molar-refractivity contribution in [1.82, 2.24) is 9.78 Å². The highest BCUT2D eigenvalue weighted by atomic mass is 35.5. The van der Waals surface area contributed by atoms with Gasteiger partial charge in [0.05, 0.1) is 12.7 Å². The zero-order valence-corrected chi connectivity index (χ0v) is 14.5. The number of halogens is 1. The molecule has 1 N–H and O–H groups in total. The van der Waals surface area contributed by atoms with Gasteiger partial charge in [0, 0.05) is 16.7 Å². The number of aldehydes is 1. The van der Waals surface area contributed by atoms with E-state index in [1.807, 2.05) is 24.3 Å². The molecule has 0 aliphatic heterocycles. The average Bonchev–Trinajstić information content (AvgIpc) is 3.09. The van der Waals surface area contributed by atoms with Crippen molar-refractivity contribution < 1.29 is 14.3 Å². The molecule has 1 amide bonds. The third-order valence-electron chi connectivity index (χ3n) is 3.62. The molecule has 0 aliphatic carbocycles. The normalized spacial score (nSPS) is 10.3. The van der Waals surface area contributed by atoms with Gasteiger partial charge < -0.3 is 10.1 Å². The van der Waals surface area contributed by atoms with Crippen molar-refractivity contribution in [2.24, 2.45) is 0 Å². The lowest BCUT2D eigenvalue weighted by Gasteiger charge is -2.10. The third-order valence-corrected chi connectivity index (χ3v) is 3.87. The fourth-order valence-corrected chi connectivity index (χ4v) is 2.42. The van der Waals surface area contributed by atoms with E-state index < -0.39 is 0 Å². The monoisotopic (exact) mass is 369 g/mol. The Morgan fingerprint density at radius 3 is 2.54 bits per heavy atom. The first-order valence-corrected chi connectivity index (χ1v) is 8.26. The van der Waals surface area contributed by atoms with Crippen LogP contribution in [0.2, 0.25) is 5.02 Å². The highest BCUT2D eigenvalue weighted by Gasteiger charge is 2.09. The first-order chi connectivity index (χ1) is 12.6. The molecular formula is C19H16ClN3O3. The third kappa shape index (κ3) is 4.70. The molecule has 2 aromatic carbocycles. The Morgan fingerprint density at radius 1 is 1.12 bits per heavy atom. The van der Waals surface area contributed by atoms with Crippen molar-refractivity contribution in [2.75, 3.05) is 11.9 Å². The van der Waals surface area contributed by atoms with Gasteiger partial charge in [0.25, 0.3) is 5.91 Å². The maximum Gasteiger partial charge on any atom is 0.263 e. The quantitative estimate of drug-likeness (QED) is 0.648. The predicted molar refractivity (Wildman–Crippen MR) is 98.7 cm³/mol. The number of anilines is 1. The highest BCUT2D eigenvalue weighted by molar-refractivity contribution is 6.30. The number of carbonyl (C=O) groups is 2. The van der Waals surface area contributed by atoms with Crippen LogP contribution in [0.4, 0.5) is 5.82 Å². The Kier molecular flexibility index (Phi) is 5.66. The van der Waals surface area contributed by atoms with Crippen LogP contribution in [0.1, 0.15) is 15.9 Å². The Balaban J connectivity index is 1.56. The zero-order valence-electron chi connectivity index (χ0n) is 13.8. The van der Waals surface area contributed by atoms with Crippen LogP contribution in [0.15, 0.2) is 60.8 Å². The zero-order chi connectivity index (χ0) is 18.4. The first-order valence-electron chi connectivity index (χ1n) is 7.88. The molecule has 0 bridgehead atoms. The van der Waals surface area contributed by atoms with E-state index in [1.165, 1.54) is 0 Å². The Labute approximate surface area is 155 Å². The summed E-state index contributed by atoms with van der Waals surface area (Å²) in [6.45, 7) is 0.361. The Hall–Kier alpha value is -3.12. The minimum Gasteiger partial charge on any atom is -0.484 e.